The van der Waals surface area contributed by atoms with Crippen molar-refractivity contribution < 1.29 is 18.1 Å². The molecule has 0 aromatic heterocycles. The van der Waals surface area contributed by atoms with Crippen molar-refractivity contribution in [3.63, 3.8) is 0 Å². The van der Waals surface area contributed by atoms with Crippen LogP contribution in [-0.4, -0.2) is 112 Å². The third-order valence-corrected chi connectivity index (χ3v) is 20.0. The first kappa shape index (κ1) is 54.5. The average Bonchev–Trinajstić information content (AvgIpc) is 3.39. The van der Waals surface area contributed by atoms with Gasteiger partial charge >= 0.3 is 7.82 Å². The van der Waals surface area contributed by atoms with Crippen LogP contribution in [0.5, 0.6) is 0 Å². The molecule has 3 unspecified atom stereocenters. The van der Waals surface area contributed by atoms with E-state index >= 15 is 4.57 Å². The highest BCUT2D eigenvalue weighted by molar-refractivity contribution is 8.00. The van der Waals surface area contributed by atoms with Crippen LogP contribution in [0.15, 0.2) is 157 Å². The number of piperazine rings is 3. The number of hydrogen-bond acceptors (Lipinski definition) is 13. The molecule has 392 valence electrons. The number of benzene rings is 6. The second-order valence-corrected chi connectivity index (χ2v) is 24.9. The second-order valence-electron chi connectivity index (χ2n) is 20.1. The quantitative estimate of drug-likeness (QED) is 0.0769. The van der Waals surface area contributed by atoms with Crippen LogP contribution in [-0.2, 0) is 18.1 Å². The van der Waals surface area contributed by atoms with E-state index in [2.05, 4.69) is 198 Å². The number of nitrogens with zero attached hydrogens (tertiary/aromatic N) is 6. The maximum absolute atomic E-state index is 15.4. The van der Waals surface area contributed by atoms with Gasteiger partial charge in [-0.2, -0.15) is 0 Å². The van der Waals surface area contributed by atoms with Crippen LogP contribution in [0.4, 0.5) is 17.1 Å². The van der Waals surface area contributed by atoms with Crippen molar-refractivity contribution >= 4 is 60.2 Å². The number of aryl methyl sites for hydroxylation is 6. The van der Waals surface area contributed by atoms with E-state index in [1.807, 2.05) is 56.1 Å². The average molecular weight is 1070 g/mol. The van der Waals surface area contributed by atoms with Crippen molar-refractivity contribution in [3.05, 3.63) is 161 Å². The molecule has 10 nitrogen and oxygen atoms in total. The fourth-order valence-corrected chi connectivity index (χ4v) is 15.1. The van der Waals surface area contributed by atoms with E-state index in [9.17, 15) is 0 Å². The SMILES string of the molecule is Cc1ccc(Sc2ccccc2N2CCN(C(C)OP(=O)(OC(C)N3CCN(c4ccccc4Sc4ccc(C)cc4C)CC3)OC(C)N3CCN(c4ccccc4Sc4ccc(C)cc4C)CC3)CC2)c(C)c1. The van der Waals surface area contributed by atoms with E-state index in [1.54, 1.807) is 0 Å². The first-order chi connectivity index (χ1) is 35.7. The molecule has 0 spiro atoms. The van der Waals surface area contributed by atoms with E-state index in [-0.39, 0.29) is 0 Å². The summed E-state index contributed by atoms with van der Waals surface area (Å²) in [5.74, 6) is 0. The van der Waals surface area contributed by atoms with Crippen molar-refractivity contribution in [2.24, 2.45) is 0 Å². The Morgan fingerprint density at radius 3 is 0.878 bits per heavy atom. The summed E-state index contributed by atoms with van der Waals surface area (Å²) in [4.78, 5) is 21.7. The van der Waals surface area contributed by atoms with E-state index < -0.39 is 26.5 Å². The molecule has 0 amide bonds. The molecule has 74 heavy (non-hydrogen) atoms. The van der Waals surface area contributed by atoms with E-state index in [4.69, 9.17) is 13.6 Å². The Hall–Kier alpha value is -4.24. The van der Waals surface area contributed by atoms with Gasteiger partial charge in [0.15, 0.2) is 0 Å². The first-order valence-corrected chi connectivity index (χ1v) is 30.2. The lowest BCUT2D eigenvalue weighted by Crippen LogP contribution is -2.52. The molecule has 0 bridgehead atoms. The summed E-state index contributed by atoms with van der Waals surface area (Å²) in [7, 11) is -4.15. The zero-order valence-electron chi connectivity index (χ0n) is 44.8. The number of para-hydroxylation sites is 3. The Morgan fingerprint density at radius 1 is 0.365 bits per heavy atom. The highest BCUT2D eigenvalue weighted by Crippen LogP contribution is 2.54. The van der Waals surface area contributed by atoms with Gasteiger partial charge in [0.25, 0.3) is 0 Å². The highest BCUT2D eigenvalue weighted by Gasteiger charge is 2.40. The summed E-state index contributed by atoms with van der Waals surface area (Å²) in [6.45, 7) is 28.3. The summed E-state index contributed by atoms with van der Waals surface area (Å²) in [5, 5.41) is 0. The van der Waals surface area contributed by atoms with E-state index in [1.165, 1.54) is 79.8 Å². The Labute approximate surface area is 454 Å². The molecule has 3 fully saturated rings. The van der Waals surface area contributed by atoms with Gasteiger partial charge in [-0.1, -0.05) is 125 Å². The Balaban J connectivity index is 0.864. The molecule has 3 heterocycles. The van der Waals surface area contributed by atoms with Crippen molar-refractivity contribution in [2.45, 2.75) is 110 Å². The van der Waals surface area contributed by atoms with Crippen molar-refractivity contribution in [1.29, 1.82) is 0 Å². The standard InChI is InChI=1S/C60H75N6O4PS3/c1-43-22-25-55(46(4)40-43)72-58-19-13-10-16-52(58)64-34-28-61(29-35-64)49(7)68-71(67,69-50(8)62-30-36-65(37-31-62)53-17-11-14-20-59(53)73-56-26-23-44(2)41-47(56)5)70-51(9)63-32-38-66(39-33-63)54-18-12-15-21-60(54)74-57-27-24-45(3)42-48(57)6/h10-27,40-42,49-51H,28-39H2,1-9H3. The summed E-state index contributed by atoms with van der Waals surface area (Å²) >= 11 is 5.48. The molecule has 0 N–H and O–H groups in total. The summed E-state index contributed by atoms with van der Waals surface area (Å²) in [6, 6.07) is 46.1. The van der Waals surface area contributed by atoms with Crippen LogP contribution in [0.2, 0.25) is 0 Å². The van der Waals surface area contributed by atoms with Crippen molar-refractivity contribution in [2.75, 3.05) is 93.2 Å². The molecule has 3 atom stereocenters. The number of phosphoric acid groups is 1. The molecule has 14 heteroatoms. The molecule has 0 saturated carbocycles. The molecular weight excluding hydrogens is 996 g/mol. The number of rotatable bonds is 18. The predicted octanol–water partition coefficient (Wildman–Crippen LogP) is 14.0. The smallest absolute Gasteiger partial charge is 0.368 e. The molecule has 0 aliphatic carbocycles. The third-order valence-electron chi connectivity index (χ3n) is 14.6. The van der Waals surface area contributed by atoms with Crippen LogP contribution >= 0.6 is 43.1 Å². The molecule has 9 rings (SSSR count). The molecule has 3 aliphatic rings. The predicted molar refractivity (Wildman–Crippen MR) is 310 cm³/mol. The van der Waals surface area contributed by atoms with Gasteiger partial charge in [0.1, 0.15) is 18.7 Å². The van der Waals surface area contributed by atoms with Crippen LogP contribution in [0.1, 0.15) is 54.2 Å². The normalized spacial score (nSPS) is 18.3. The van der Waals surface area contributed by atoms with Crippen LogP contribution in [0.25, 0.3) is 0 Å². The number of phosphoric ester groups is 1. The second kappa shape index (κ2) is 24.8. The van der Waals surface area contributed by atoms with Crippen LogP contribution in [0.3, 0.4) is 0 Å². The number of hydrogen-bond donors (Lipinski definition) is 0. The van der Waals surface area contributed by atoms with E-state index in [0.717, 1.165) is 78.5 Å². The molecule has 0 radical (unpaired) electrons. The minimum Gasteiger partial charge on any atom is -0.368 e. The van der Waals surface area contributed by atoms with Gasteiger partial charge in [0.2, 0.25) is 0 Å². The first-order valence-electron chi connectivity index (χ1n) is 26.3. The van der Waals surface area contributed by atoms with Crippen LogP contribution < -0.4 is 14.7 Å². The van der Waals surface area contributed by atoms with Gasteiger partial charge in [-0.3, -0.25) is 28.3 Å². The van der Waals surface area contributed by atoms with E-state index in [0.29, 0.717) is 0 Å². The maximum atomic E-state index is 15.4. The monoisotopic (exact) mass is 1070 g/mol. The fraction of sp³-hybridized carbons (Fsp3) is 0.400. The Kier molecular flexibility index (Phi) is 18.3. The van der Waals surface area contributed by atoms with Gasteiger partial charge in [0.05, 0.1) is 17.1 Å². The minimum atomic E-state index is -4.15. The van der Waals surface area contributed by atoms with Crippen molar-refractivity contribution in [3.8, 4) is 0 Å². The van der Waals surface area contributed by atoms with Gasteiger partial charge < -0.3 is 14.7 Å². The van der Waals surface area contributed by atoms with Gasteiger partial charge in [-0.15, -0.1) is 0 Å². The molecule has 3 aliphatic heterocycles. The van der Waals surface area contributed by atoms with Gasteiger partial charge in [-0.05, 0) is 134 Å². The lowest BCUT2D eigenvalue weighted by molar-refractivity contribution is -0.0692. The maximum Gasteiger partial charge on any atom is 0.479 e. The molecular formula is C60H75N6O4PS3. The fourth-order valence-electron chi connectivity index (χ4n) is 10.3. The Bertz CT molecular complexity index is 2600. The lowest BCUT2D eigenvalue weighted by atomic mass is 10.2. The Morgan fingerprint density at radius 2 is 0.622 bits per heavy atom. The molecule has 3 saturated heterocycles. The van der Waals surface area contributed by atoms with Gasteiger partial charge in [-0.25, -0.2) is 4.57 Å². The topological polar surface area (TPSA) is 64.2 Å². The summed E-state index contributed by atoms with van der Waals surface area (Å²) < 4.78 is 35.4. The summed E-state index contributed by atoms with van der Waals surface area (Å²) in [6.07, 6.45) is -1.52. The summed E-state index contributed by atoms with van der Waals surface area (Å²) in [5.41, 5.74) is 11.4. The molecule has 6 aromatic carbocycles. The number of anilines is 3. The van der Waals surface area contributed by atoms with Gasteiger partial charge in [0, 0.05) is 108 Å². The lowest BCUT2D eigenvalue weighted by Gasteiger charge is -2.43. The molecule has 6 aromatic rings. The zero-order chi connectivity index (χ0) is 51.9. The zero-order valence-corrected chi connectivity index (χ0v) is 48.2. The third kappa shape index (κ3) is 13.6. The highest BCUT2D eigenvalue weighted by atomic mass is 32.2. The van der Waals surface area contributed by atoms with Crippen LogP contribution in [0, 0.1) is 41.5 Å². The largest absolute Gasteiger partial charge is 0.479 e. The van der Waals surface area contributed by atoms with Crippen molar-refractivity contribution in [1.82, 2.24) is 14.7 Å². The minimum absolute atomic E-state index is 0.506.